The molecule has 1 atom stereocenters. The lowest BCUT2D eigenvalue weighted by Crippen LogP contribution is -2.42. The molecule has 1 heterocycles. The van der Waals surface area contributed by atoms with E-state index in [0.29, 0.717) is 10.8 Å². The first-order valence-corrected chi connectivity index (χ1v) is 8.96. The highest BCUT2D eigenvalue weighted by Gasteiger charge is 2.35. The van der Waals surface area contributed by atoms with Gasteiger partial charge in [-0.25, -0.2) is 0 Å². The molecule has 0 fully saturated rings. The van der Waals surface area contributed by atoms with Crippen LogP contribution in [0, 0.1) is 5.92 Å². The van der Waals surface area contributed by atoms with Crippen molar-refractivity contribution in [1.82, 2.24) is 10.9 Å². The minimum absolute atomic E-state index is 0.438. The number of thiophene rings is 1. The molecule has 0 saturated carbocycles. The zero-order chi connectivity index (χ0) is 18.9. The van der Waals surface area contributed by atoms with Crippen molar-refractivity contribution >= 4 is 23.2 Å². The fraction of sp³-hybridized carbons (Fsp3) is 0.333. The standard InChI is InChI=1S/C18H17F3N2O2S/c1-10-6-7-14-11(8-10)9-15(26-14)17(25)23-22-16(24)12-4-2-3-5-13(12)18(19,20)21/h2-5,9-10H,6-8H2,1H3,(H,22,24)(H,23,25). The molecule has 0 radical (unpaired) electrons. The molecular weight excluding hydrogens is 365 g/mol. The first kappa shape index (κ1) is 18.4. The summed E-state index contributed by atoms with van der Waals surface area (Å²) in [5.41, 5.74) is 3.81. The van der Waals surface area contributed by atoms with Crippen LogP contribution in [0.2, 0.25) is 0 Å². The summed E-state index contributed by atoms with van der Waals surface area (Å²) in [7, 11) is 0. The zero-order valence-electron chi connectivity index (χ0n) is 13.9. The van der Waals surface area contributed by atoms with E-state index < -0.39 is 29.1 Å². The van der Waals surface area contributed by atoms with Crippen LogP contribution in [0.4, 0.5) is 13.2 Å². The minimum atomic E-state index is -4.65. The van der Waals surface area contributed by atoms with E-state index in [0.717, 1.165) is 41.8 Å². The summed E-state index contributed by atoms with van der Waals surface area (Å²) in [4.78, 5) is 25.9. The Hall–Kier alpha value is -2.35. The molecule has 1 unspecified atom stereocenters. The van der Waals surface area contributed by atoms with Crippen molar-refractivity contribution in [1.29, 1.82) is 0 Å². The van der Waals surface area contributed by atoms with Crippen molar-refractivity contribution < 1.29 is 22.8 Å². The molecule has 1 aliphatic carbocycles. The van der Waals surface area contributed by atoms with Gasteiger partial charge in [0.15, 0.2) is 0 Å². The summed E-state index contributed by atoms with van der Waals surface area (Å²) in [6, 6.07) is 6.22. The Morgan fingerprint density at radius 1 is 1.15 bits per heavy atom. The SMILES string of the molecule is CC1CCc2sc(C(=O)NNC(=O)c3ccccc3C(F)(F)F)cc2C1. The normalized spacial score (nSPS) is 16.7. The van der Waals surface area contributed by atoms with Gasteiger partial charge in [0.25, 0.3) is 11.8 Å². The maximum Gasteiger partial charge on any atom is 0.417 e. The molecular formula is C18H17F3N2O2S. The molecule has 1 aliphatic rings. The number of carbonyl (C=O) groups excluding carboxylic acids is 2. The molecule has 26 heavy (non-hydrogen) atoms. The number of hydrogen-bond acceptors (Lipinski definition) is 3. The lowest BCUT2D eigenvalue weighted by Gasteiger charge is -2.16. The van der Waals surface area contributed by atoms with Gasteiger partial charge in [0.05, 0.1) is 16.0 Å². The van der Waals surface area contributed by atoms with Gasteiger partial charge in [0.2, 0.25) is 0 Å². The molecule has 0 saturated heterocycles. The topological polar surface area (TPSA) is 58.2 Å². The summed E-state index contributed by atoms with van der Waals surface area (Å²) >= 11 is 1.36. The second-order valence-corrected chi connectivity index (χ2v) is 7.50. The maximum absolute atomic E-state index is 13.0. The molecule has 2 aromatic rings. The third-order valence-electron chi connectivity index (χ3n) is 4.32. The molecule has 1 aromatic carbocycles. The van der Waals surface area contributed by atoms with E-state index in [4.69, 9.17) is 0 Å². The quantitative estimate of drug-likeness (QED) is 0.773. The van der Waals surface area contributed by atoms with Crippen LogP contribution in [0.15, 0.2) is 30.3 Å². The molecule has 2 N–H and O–H groups in total. The van der Waals surface area contributed by atoms with Gasteiger partial charge in [-0.15, -0.1) is 11.3 Å². The molecule has 3 rings (SSSR count). The summed E-state index contributed by atoms with van der Waals surface area (Å²) in [5.74, 6) is -0.984. The number of rotatable bonds is 2. The van der Waals surface area contributed by atoms with Crippen molar-refractivity contribution in [2.75, 3.05) is 0 Å². The van der Waals surface area contributed by atoms with Crippen molar-refractivity contribution in [2.24, 2.45) is 5.92 Å². The highest BCUT2D eigenvalue weighted by Crippen LogP contribution is 2.33. The van der Waals surface area contributed by atoms with Crippen LogP contribution in [0.25, 0.3) is 0 Å². The van der Waals surface area contributed by atoms with E-state index in [1.807, 2.05) is 0 Å². The monoisotopic (exact) mass is 382 g/mol. The smallest absolute Gasteiger partial charge is 0.267 e. The number of hydrazine groups is 1. The van der Waals surface area contributed by atoms with E-state index in [1.165, 1.54) is 23.5 Å². The number of nitrogens with one attached hydrogen (secondary N) is 2. The van der Waals surface area contributed by atoms with Crippen LogP contribution >= 0.6 is 11.3 Å². The fourth-order valence-electron chi connectivity index (χ4n) is 2.99. The Morgan fingerprint density at radius 3 is 2.58 bits per heavy atom. The number of aryl methyl sites for hydroxylation is 1. The van der Waals surface area contributed by atoms with E-state index in [-0.39, 0.29) is 0 Å². The minimum Gasteiger partial charge on any atom is -0.267 e. The van der Waals surface area contributed by atoms with Gasteiger partial charge in [0, 0.05) is 4.88 Å². The lowest BCUT2D eigenvalue weighted by molar-refractivity contribution is -0.137. The predicted molar refractivity (Wildman–Crippen MR) is 91.9 cm³/mol. The highest BCUT2D eigenvalue weighted by molar-refractivity contribution is 7.14. The molecule has 0 bridgehead atoms. The largest absolute Gasteiger partial charge is 0.417 e. The number of hydrogen-bond donors (Lipinski definition) is 2. The zero-order valence-corrected chi connectivity index (χ0v) is 14.8. The first-order valence-electron chi connectivity index (χ1n) is 8.14. The van der Waals surface area contributed by atoms with Gasteiger partial charge < -0.3 is 0 Å². The molecule has 0 aliphatic heterocycles. The van der Waals surface area contributed by atoms with Crippen molar-refractivity contribution in [2.45, 2.75) is 32.4 Å². The number of halogens is 3. The molecule has 138 valence electrons. The van der Waals surface area contributed by atoms with E-state index >= 15 is 0 Å². The number of carbonyl (C=O) groups is 2. The Bertz CT molecular complexity index is 845. The number of alkyl halides is 3. The summed E-state index contributed by atoms with van der Waals surface area (Å²) in [5, 5.41) is 0. The second kappa shape index (κ2) is 7.11. The van der Waals surface area contributed by atoms with Gasteiger partial charge >= 0.3 is 6.18 Å². The average molecular weight is 382 g/mol. The second-order valence-electron chi connectivity index (χ2n) is 6.36. The van der Waals surface area contributed by atoms with Gasteiger partial charge in [-0.1, -0.05) is 19.1 Å². The van der Waals surface area contributed by atoms with Gasteiger partial charge in [-0.05, 0) is 48.9 Å². The van der Waals surface area contributed by atoms with Crippen LogP contribution in [-0.4, -0.2) is 11.8 Å². The van der Waals surface area contributed by atoms with E-state index in [1.54, 1.807) is 6.07 Å². The highest BCUT2D eigenvalue weighted by atomic mass is 32.1. The molecule has 8 heteroatoms. The van der Waals surface area contributed by atoms with Gasteiger partial charge in [-0.3, -0.25) is 20.4 Å². The van der Waals surface area contributed by atoms with Crippen molar-refractivity contribution in [3.05, 3.63) is 56.8 Å². The Morgan fingerprint density at radius 2 is 1.85 bits per heavy atom. The summed E-state index contributed by atoms with van der Waals surface area (Å²) in [6.07, 6.45) is -1.76. The Labute approximate surface area is 152 Å². The average Bonchev–Trinajstić information content (AvgIpc) is 3.01. The number of benzene rings is 1. The molecule has 4 nitrogen and oxygen atoms in total. The Kier molecular flexibility index (Phi) is 5.04. The van der Waals surface area contributed by atoms with Gasteiger partial charge in [-0.2, -0.15) is 13.2 Å². The number of amides is 2. The lowest BCUT2D eigenvalue weighted by atomic mass is 9.90. The van der Waals surface area contributed by atoms with Crippen LogP contribution in [0.1, 0.15) is 49.4 Å². The van der Waals surface area contributed by atoms with Crippen LogP contribution < -0.4 is 10.9 Å². The predicted octanol–water partition coefficient (Wildman–Crippen LogP) is 3.97. The third kappa shape index (κ3) is 3.90. The maximum atomic E-state index is 13.0. The third-order valence-corrected chi connectivity index (χ3v) is 5.56. The Balaban J connectivity index is 1.68. The fourth-order valence-corrected chi connectivity index (χ4v) is 4.09. The van der Waals surface area contributed by atoms with Crippen LogP contribution in [0.5, 0.6) is 0 Å². The van der Waals surface area contributed by atoms with Gasteiger partial charge in [0.1, 0.15) is 0 Å². The molecule has 2 amide bonds. The van der Waals surface area contributed by atoms with Crippen LogP contribution in [0.3, 0.4) is 0 Å². The van der Waals surface area contributed by atoms with E-state index in [9.17, 15) is 22.8 Å². The van der Waals surface area contributed by atoms with E-state index in [2.05, 4.69) is 17.8 Å². The first-order chi connectivity index (χ1) is 12.3. The van der Waals surface area contributed by atoms with Crippen molar-refractivity contribution in [3.63, 3.8) is 0 Å². The molecule has 1 aromatic heterocycles. The van der Waals surface area contributed by atoms with Crippen LogP contribution in [-0.2, 0) is 19.0 Å². The molecule has 0 spiro atoms. The summed E-state index contributed by atoms with van der Waals surface area (Å²) in [6.45, 7) is 2.15. The van der Waals surface area contributed by atoms with Crippen molar-refractivity contribution in [3.8, 4) is 0 Å². The summed E-state index contributed by atoms with van der Waals surface area (Å²) < 4.78 is 38.9. The number of fused-ring (bicyclic) bond motifs is 1.